The van der Waals surface area contributed by atoms with Crippen molar-refractivity contribution in [3.63, 3.8) is 0 Å². The molecule has 1 N–H and O–H groups in total. The molecule has 1 aromatic rings. The molecule has 0 saturated carbocycles. The second-order valence-electron chi connectivity index (χ2n) is 5.77. The maximum absolute atomic E-state index is 9.14. The number of nitrogens with zero attached hydrogens (tertiary/aromatic N) is 4. The third-order valence-electron chi connectivity index (χ3n) is 3.83. The molecule has 5 heteroatoms. The molecule has 0 atom stereocenters. The molecule has 0 aliphatic carbocycles. The molecule has 0 unspecified atom stereocenters. The largest absolute Gasteiger partial charge is 0.392 e. The van der Waals surface area contributed by atoms with Gasteiger partial charge >= 0.3 is 0 Å². The summed E-state index contributed by atoms with van der Waals surface area (Å²) in [5.41, 5.74) is 2.04. The number of aliphatic hydroxyl groups excluding tert-OH is 1. The summed E-state index contributed by atoms with van der Waals surface area (Å²) in [6.07, 6.45) is 1.78. The summed E-state index contributed by atoms with van der Waals surface area (Å²) in [7, 11) is 4.23. The van der Waals surface area contributed by atoms with Crippen LogP contribution in [-0.2, 0) is 6.61 Å². The summed E-state index contributed by atoms with van der Waals surface area (Å²) in [4.78, 5) is 11.6. The zero-order valence-electron chi connectivity index (χ0n) is 12.8. The number of pyridine rings is 1. The fourth-order valence-corrected chi connectivity index (χ4v) is 2.57. The van der Waals surface area contributed by atoms with Crippen molar-refractivity contribution in [2.24, 2.45) is 0 Å². The molecule has 112 valence electrons. The Labute approximate surface area is 121 Å². The van der Waals surface area contributed by atoms with Gasteiger partial charge in [-0.25, -0.2) is 4.98 Å². The van der Waals surface area contributed by atoms with Gasteiger partial charge in [-0.15, -0.1) is 0 Å². The van der Waals surface area contributed by atoms with E-state index in [-0.39, 0.29) is 6.61 Å². The molecule has 1 aliphatic heterocycles. The molecular formula is C15H26N4O. The van der Waals surface area contributed by atoms with Gasteiger partial charge in [-0.2, -0.15) is 0 Å². The van der Waals surface area contributed by atoms with Crippen LogP contribution in [-0.4, -0.2) is 73.3 Å². The van der Waals surface area contributed by atoms with Crippen LogP contribution in [0.15, 0.2) is 12.3 Å². The van der Waals surface area contributed by atoms with Crippen molar-refractivity contribution in [2.45, 2.75) is 13.5 Å². The van der Waals surface area contributed by atoms with E-state index < -0.39 is 0 Å². The molecule has 1 aromatic heterocycles. The van der Waals surface area contributed by atoms with Crippen molar-refractivity contribution in [1.82, 2.24) is 14.8 Å². The molecule has 1 saturated heterocycles. The highest BCUT2D eigenvalue weighted by molar-refractivity contribution is 5.47. The number of likely N-dealkylation sites (N-methyl/N-ethyl adjacent to an activating group) is 1. The normalized spacial score (nSPS) is 16.9. The van der Waals surface area contributed by atoms with Crippen LogP contribution in [0, 0.1) is 6.92 Å². The lowest BCUT2D eigenvalue weighted by Gasteiger charge is -2.36. The Morgan fingerprint density at radius 1 is 1.25 bits per heavy atom. The van der Waals surface area contributed by atoms with E-state index in [2.05, 4.69) is 40.7 Å². The van der Waals surface area contributed by atoms with E-state index in [1.807, 2.05) is 6.07 Å². The van der Waals surface area contributed by atoms with Gasteiger partial charge in [0.15, 0.2) is 0 Å². The summed E-state index contributed by atoms with van der Waals surface area (Å²) in [6, 6.07) is 2.03. The molecule has 1 fully saturated rings. The highest BCUT2D eigenvalue weighted by atomic mass is 16.3. The summed E-state index contributed by atoms with van der Waals surface area (Å²) < 4.78 is 0. The van der Waals surface area contributed by atoms with Crippen LogP contribution < -0.4 is 4.90 Å². The molecule has 0 spiro atoms. The molecule has 2 rings (SSSR count). The van der Waals surface area contributed by atoms with E-state index in [9.17, 15) is 0 Å². The fraction of sp³-hybridized carbons (Fsp3) is 0.667. The highest BCUT2D eigenvalue weighted by Crippen LogP contribution is 2.19. The van der Waals surface area contributed by atoms with E-state index in [1.165, 1.54) is 0 Å². The summed E-state index contributed by atoms with van der Waals surface area (Å²) in [5.74, 6) is 1.06. The van der Waals surface area contributed by atoms with Crippen LogP contribution in [0.3, 0.4) is 0 Å². The van der Waals surface area contributed by atoms with Crippen molar-refractivity contribution in [3.8, 4) is 0 Å². The van der Waals surface area contributed by atoms with Gasteiger partial charge in [0.25, 0.3) is 0 Å². The monoisotopic (exact) mass is 278 g/mol. The van der Waals surface area contributed by atoms with Crippen LogP contribution in [0.5, 0.6) is 0 Å². The first-order valence-corrected chi connectivity index (χ1v) is 7.28. The predicted octanol–water partition coefficient (Wildman–Crippen LogP) is 0.566. The number of hydrogen-bond acceptors (Lipinski definition) is 5. The van der Waals surface area contributed by atoms with E-state index in [4.69, 9.17) is 5.11 Å². The van der Waals surface area contributed by atoms with Crippen molar-refractivity contribution < 1.29 is 5.11 Å². The Hall–Kier alpha value is -1.17. The van der Waals surface area contributed by atoms with Crippen LogP contribution in [0.25, 0.3) is 0 Å². The SMILES string of the molecule is Cc1cc(CO)cnc1N1CCN(CCN(C)C)CC1. The minimum Gasteiger partial charge on any atom is -0.392 e. The van der Waals surface area contributed by atoms with Crippen LogP contribution in [0.4, 0.5) is 5.82 Å². The standard InChI is InChI=1S/C15H26N4O/c1-13-10-14(12-20)11-16-15(13)19-8-6-18(7-9-19)5-4-17(2)3/h10-11,20H,4-9,12H2,1-3H3. The van der Waals surface area contributed by atoms with Crippen LogP contribution in [0.1, 0.15) is 11.1 Å². The number of anilines is 1. The smallest absolute Gasteiger partial charge is 0.131 e. The topological polar surface area (TPSA) is 42.8 Å². The second-order valence-corrected chi connectivity index (χ2v) is 5.77. The van der Waals surface area contributed by atoms with Gasteiger partial charge in [0.05, 0.1) is 6.61 Å². The first-order valence-electron chi connectivity index (χ1n) is 7.28. The third-order valence-corrected chi connectivity index (χ3v) is 3.83. The zero-order chi connectivity index (χ0) is 14.5. The summed E-state index contributed by atoms with van der Waals surface area (Å²) >= 11 is 0. The molecule has 0 radical (unpaired) electrons. The Morgan fingerprint density at radius 3 is 2.50 bits per heavy atom. The lowest BCUT2D eigenvalue weighted by Crippen LogP contribution is -2.48. The zero-order valence-corrected chi connectivity index (χ0v) is 12.8. The Morgan fingerprint density at radius 2 is 1.95 bits per heavy atom. The predicted molar refractivity (Wildman–Crippen MR) is 82.1 cm³/mol. The molecule has 5 nitrogen and oxygen atoms in total. The highest BCUT2D eigenvalue weighted by Gasteiger charge is 2.19. The summed E-state index contributed by atoms with van der Waals surface area (Å²) in [5, 5.41) is 9.14. The van der Waals surface area contributed by atoms with E-state index in [1.54, 1.807) is 6.20 Å². The number of aliphatic hydroxyl groups is 1. The fourth-order valence-electron chi connectivity index (χ4n) is 2.57. The molecule has 0 bridgehead atoms. The minimum absolute atomic E-state index is 0.0619. The van der Waals surface area contributed by atoms with Crippen LogP contribution >= 0.6 is 0 Å². The number of hydrogen-bond donors (Lipinski definition) is 1. The molecular weight excluding hydrogens is 252 g/mol. The molecule has 1 aliphatic rings. The number of aromatic nitrogens is 1. The average molecular weight is 278 g/mol. The van der Waals surface area contributed by atoms with Gasteiger partial charge in [0, 0.05) is 45.5 Å². The lowest BCUT2D eigenvalue weighted by atomic mass is 10.2. The maximum Gasteiger partial charge on any atom is 0.131 e. The minimum atomic E-state index is 0.0619. The first kappa shape index (κ1) is 15.2. The number of rotatable bonds is 5. The van der Waals surface area contributed by atoms with E-state index >= 15 is 0 Å². The number of aryl methyl sites for hydroxylation is 1. The maximum atomic E-state index is 9.14. The third kappa shape index (κ3) is 3.91. The van der Waals surface area contributed by atoms with E-state index in [0.717, 1.165) is 56.2 Å². The van der Waals surface area contributed by atoms with Gasteiger partial charge in [-0.05, 0) is 38.2 Å². The first-order chi connectivity index (χ1) is 9.60. The Bertz CT molecular complexity index is 428. The average Bonchev–Trinajstić information content (AvgIpc) is 2.45. The van der Waals surface area contributed by atoms with Crippen LogP contribution in [0.2, 0.25) is 0 Å². The number of piperazine rings is 1. The molecule has 20 heavy (non-hydrogen) atoms. The van der Waals surface area contributed by atoms with Crippen molar-refractivity contribution in [1.29, 1.82) is 0 Å². The molecule has 2 heterocycles. The van der Waals surface area contributed by atoms with E-state index in [0.29, 0.717) is 0 Å². The quantitative estimate of drug-likeness (QED) is 0.853. The summed E-state index contributed by atoms with van der Waals surface area (Å²) in [6.45, 7) is 8.62. The molecule has 0 amide bonds. The van der Waals surface area contributed by atoms with Gasteiger partial charge in [0.2, 0.25) is 0 Å². The van der Waals surface area contributed by atoms with Gasteiger partial charge in [-0.1, -0.05) is 0 Å². The van der Waals surface area contributed by atoms with Gasteiger partial charge in [-0.3, -0.25) is 4.90 Å². The van der Waals surface area contributed by atoms with Crippen molar-refractivity contribution in [2.75, 3.05) is 58.3 Å². The Balaban J connectivity index is 1.90. The Kier molecular flexibility index (Phi) is 5.34. The second kappa shape index (κ2) is 7.02. The van der Waals surface area contributed by atoms with Crippen molar-refractivity contribution in [3.05, 3.63) is 23.4 Å². The van der Waals surface area contributed by atoms with Crippen molar-refractivity contribution >= 4 is 5.82 Å². The molecule has 0 aromatic carbocycles. The lowest BCUT2D eigenvalue weighted by molar-refractivity contribution is 0.229. The van der Waals surface area contributed by atoms with Gasteiger partial charge < -0.3 is 14.9 Å². The van der Waals surface area contributed by atoms with Gasteiger partial charge in [0.1, 0.15) is 5.82 Å².